The molecular formula is C32H31Cl2F2N3O3. The van der Waals surface area contributed by atoms with Gasteiger partial charge in [0.05, 0.1) is 29.9 Å². The molecule has 0 bridgehead atoms. The lowest BCUT2D eigenvalue weighted by atomic mass is 9.62. The fourth-order valence-corrected chi connectivity index (χ4v) is 6.12. The molecule has 1 amide bonds. The van der Waals surface area contributed by atoms with Gasteiger partial charge < -0.3 is 15.4 Å². The van der Waals surface area contributed by atoms with E-state index in [4.69, 9.17) is 27.9 Å². The fraction of sp³-hybridized carbons (Fsp3) is 0.344. The predicted molar refractivity (Wildman–Crippen MR) is 159 cm³/mol. The summed E-state index contributed by atoms with van der Waals surface area (Å²) in [6.45, 7) is 7.28. The average molecular weight is 615 g/mol. The molecule has 1 fully saturated rings. The van der Waals surface area contributed by atoms with Crippen molar-refractivity contribution in [2.75, 3.05) is 12.4 Å². The molecule has 42 heavy (non-hydrogen) atoms. The molecule has 3 aromatic carbocycles. The van der Waals surface area contributed by atoms with Crippen LogP contribution in [0.15, 0.2) is 54.6 Å². The SMILES string of the molecule is COc1cc(C(C)=O)ccc1NC(=O)[C@@H]1N[C@@H](CC(C)(C)C)C(C#N)(c2ccc(Cl)cc2F)[C@H]1c1cccc(Cl)c1F. The third-order valence-corrected chi connectivity index (χ3v) is 8.12. The third kappa shape index (κ3) is 5.87. The number of benzene rings is 3. The molecule has 0 radical (unpaired) electrons. The summed E-state index contributed by atoms with van der Waals surface area (Å²) < 4.78 is 37.0. The van der Waals surface area contributed by atoms with Crippen LogP contribution in [0.4, 0.5) is 14.5 Å². The van der Waals surface area contributed by atoms with Crippen molar-refractivity contribution in [2.45, 2.75) is 57.5 Å². The van der Waals surface area contributed by atoms with E-state index >= 15 is 8.78 Å². The Balaban J connectivity index is 1.95. The van der Waals surface area contributed by atoms with Gasteiger partial charge in [0.2, 0.25) is 5.91 Å². The summed E-state index contributed by atoms with van der Waals surface area (Å²) in [5.41, 5.74) is -1.51. The van der Waals surface area contributed by atoms with Crippen molar-refractivity contribution in [2.24, 2.45) is 5.41 Å². The molecule has 10 heteroatoms. The van der Waals surface area contributed by atoms with Crippen LogP contribution in [-0.4, -0.2) is 30.9 Å². The predicted octanol–water partition coefficient (Wildman–Crippen LogP) is 7.44. The number of carbonyl (C=O) groups is 2. The highest BCUT2D eigenvalue weighted by Crippen LogP contribution is 2.53. The van der Waals surface area contributed by atoms with E-state index in [0.717, 1.165) is 6.07 Å². The van der Waals surface area contributed by atoms with Gasteiger partial charge in [0.1, 0.15) is 22.8 Å². The second-order valence-electron chi connectivity index (χ2n) is 11.6. The number of halogens is 4. The molecule has 6 nitrogen and oxygen atoms in total. The number of nitriles is 1. The van der Waals surface area contributed by atoms with Crippen LogP contribution in [0.2, 0.25) is 10.0 Å². The second kappa shape index (κ2) is 12.0. The Labute approximate surface area is 254 Å². The topological polar surface area (TPSA) is 91.2 Å². The van der Waals surface area contributed by atoms with Gasteiger partial charge in [-0.15, -0.1) is 0 Å². The number of Topliss-reactive ketones (excluding diaryl/α,β-unsaturated/α-hetero) is 1. The number of amides is 1. The minimum absolute atomic E-state index is 0.0126. The molecule has 1 heterocycles. The largest absolute Gasteiger partial charge is 0.495 e. The van der Waals surface area contributed by atoms with Crippen molar-refractivity contribution < 1.29 is 23.1 Å². The Morgan fingerprint density at radius 3 is 2.43 bits per heavy atom. The number of anilines is 1. The van der Waals surface area contributed by atoms with Crippen LogP contribution in [0, 0.1) is 28.4 Å². The lowest BCUT2D eigenvalue weighted by molar-refractivity contribution is -0.118. The van der Waals surface area contributed by atoms with E-state index in [1.807, 2.05) is 20.8 Å². The number of carbonyl (C=O) groups excluding carboxylic acids is 2. The number of hydrogen-bond donors (Lipinski definition) is 2. The van der Waals surface area contributed by atoms with E-state index < -0.39 is 41.0 Å². The molecule has 0 aliphatic carbocycles. The quantitative estimate of drug-likeness (QED) is 0.270. The first-order valence-corrected chi connectivity index (χ1v) is 14.1. The molecule has 1 aliphatic heterocycles. The van der Waals surface area contributed by atoms with Crippen LogP contribution < -0.4 is 15.4 Å². The maximum Gasteiger partial charge on any atom is 0.242 e. The monoisotopic (exact) mass is 613 g/mol. The molecule has 1 aliphatic rings. The molecule has 0 spiro atoms. The first-order valence-electron chi connectivity index (χ1n) is 13.3. The van der Waals surface area contributed by atoms with Crippen LogP contribution >= 0.6 is 23.2 Å². The van der Waals surface area contributed by atoms with Gasteiger partial charge in [0.15, 0.2) is 5.78 Å². The van der Waals surface area contributed by atoms with Crippen molar-refractivity contribution in [3.63, 3.8) is 0 Å². The van der Waals surface area contributed by atoms with Gasteiger partial charge in [0.25, 0.3) is 0 Å². The molecule has 1 saturated heterocycles. The molecule has 1 unspecified atom stereocenters. The van der Waals surface area contributed by atoms with E-state index in [2.05, 4.69) is 16.7 Å². The lowest BCUT2D eigenvalue weighted by Gasteiger charge is -2.37. The molecule has 4 atom stereocenters. The molecular weight excluding hydrogens is 583 g/mol. The van der Waals surface area contributed by atoms with Crippen LogP contribution in [-0.2, 0) is 10.2 Å². The number of nitrogens with zero attached hydrogens (tertiary/aromatic N) is 1. The molecule has 220 valence electrons. The Hall–Kier alpha value is -3.51. The summed E-state index contributed by atoms with van der Waals surface area (Å²) in [5.74, 6) is -3.34. The van der Waals surface area contributed by atoms with Gasteiger partial charge in [-0.05, 0) is 60.7 Å². The summed E-state index contributed by atoms with van der Waals surface area (Å²) in [5, 5.41) is 17.0. The van der Waals surface area contributed by atoms with E-state index in [0.29, 0.717) is 12.0 Å². The van der Waals surface area contributed by atoms with Crippen molar-refractivity contribution in [1.82, 2.24) is 5.32 Å². The summed E-state index contributed by atoms with van der Waals surface area (Å²) in [4.78, 5) is 26.0. The maximum atomic E-state index is 15.8. The second-order valence-corrected chi connectivity index (χ2v) is 12.5. The maximum absolute atomic E-state index is 15.8. The molecule has 3 aromatic rings. The van der Waals surface area contributed by atoms with Crippen LogP contribution in [0.5, 0.6) is 5.75 Å². The van der Waals surface area contributed by atoms with Gasteiger partial charge in [-0.3, -0.25) is 9.59 Å². The van der Waals surface area contributed by atoms with Gasteiger partial charge in [-0.25, -0.2) is 8.78 Å². The summed E-state index contributed by atoms with van der Waals surface area (Å²) in [6.07, 6.45) is 0.335. The Morgan fingerprint density at radius 2 is 1.83 bits per heavy atom. The van der Waals surface area contributed by atoms with Gasteiger partial charge in [0, 0.05) is 28.1 Å². The number of hydrogen-bond acceptors (Lipinski definition) is 5. The van der Waals surface area contributed by atoms with Gasteiger partial charge in [-0.2, -0.15) is 5.26 Å². The van der Waals surface area contributed by atoms with E-state index in [-0.39, 0.29) is 43.8 Å². The minimum Gasteiger partial charge on any atom is -0.495 e. The number of nitrogens with one attached hydrogen (secondary N) is 2. The van der Waals surface area contributed by atoms with Crippen LogP contribution in [0.1, 0.15) is 61.5 Å². The smallest absolute Gasteiger partial charge is 0.242 e. The summed E-state index contributed by atoms with van der Waals surface area (Å²) >= 11 is 12.3. The van der Waals surface area contributed by atoms with E-state index in [1.165, 1.54) is 56.5 Å². The zero-order valence-corrected chi connectivity index (χ0v) is 25.3. The summed E-state index contributed by atoms with van der Waals surface area (Å²) in [7, 11) is 1.40. The minimum atomic E-state index is -1.75. The van der Waals surface area contributed by atoms with Gasteiger partial charge in [-0.1, -0.05) is 62.2 Å². The van der Waals surface area contributed by atoms with E-state index in [1.54, 1.807) is 6.07 Å². The van der Waals surface area contributed by atoms with Gasteiger partial charge >= 0.3 is 0 Å². The van der Waals surface area contributed by atoms with Crippen molar-refractivity contribution in [3.8, 4) is 11.8 Å². The first-order chi connectivity index (χ1) is 19.7. The zero-order chi connectivity index (χ0) is 31.0. The van der Waals surface area contributed by atoms with Crippen LogP contribution in [0.3, 0.4) is 0 Å². The van der Waals surface area contributed by atoms with Crippen molar-refractivity contribution in [3.05, 3.63) is 93.0 Å². The Kier molecular flexibility index (Phi) is 8.98. The zero-order valence-electron chi connectivity index (χ0n) is 23.8. The third-order valence-electron chi connectivity index (χ3n) is 7.60. The molecule has 2 N–H and O–H groups in total. The number of ether oxygens (including phenoxy) is 1. The van der Waals surface area contributed by atoms with E-state index in [9.17, 15) is 14.9 Å². The fourth-order valence-electron chi connectivity index (χ4n) is 5.78. The lowest BCUT2D eigenvalue weighted by Crippen LogP contribution is -2.45. The number of rotatable bonds is 7. The van der Waals surface area contributed by atoms with Crippen molar-refractivity contribution >= 4 is 40.6 Å². The van der Waals surface area contributed by atoms with Crippen LogP contribution in [0.25, 0.3) is 0 Å². The summed E-state index contributed by atoms with van der Waals surface area (Å²) in [6, 6.07) is 13.2. The molecule has 4 rings (SSSR count). The average Bonchev–Trinajstić information content (AvgIpc) is 3.23. The number of ketones is 1. The Morgan fingerprint density at radius 1 is 1.12 bits per heavy atom. The highest BCUT2D eigenvalue weighted by Gasteiger charge is 2.61. The van der Waals surface area contributed by atoms with Crippen molar-refractivity contribution in [1.29, 1.82) is 5.26 Å². The standard InChI is InChI=1S/C32H31Cl2F2N3O3/c1-17(40)18-9-12-24(25(13-18)42-5)38-30(41)29-27(20-7-6-8-22(34)28(20)36)32(16-37,26(39-29)15-31(2,3)4)21-11-10-19(33)14-23(21)35/h6-14,26-27,29,39H,15H2,1-5H3,(H,38,41)/t26-,27-,29+,32?/m0/s1. The highest BCUT2D eigenvalue weighted by atomic mass is 35.5. The first kappa shape index (κ1) is 31.4. The number of methoxy groups -OCH3 is 1. The Bertz CT molecular complexity index is 1580. The molecule has 0 saturated carbocycles. The highest BCUT2D eigenvalue weighted by molar-refractivity contribution is 6.31. The molecule has 0 aromatic heterocycles. The normalized spacial score (nSPS) is 22.0.